The van der Waals surface area contributed by atoms with Gasteiger partial charge in [-0.1, -0.05) is 90.4 Å². The second-order valence-corrected chi connectivity index (χ2v) is 6.08. The van der Waals surface area contributed by atoms with Gasteiger partial charge in [0.2, 0.25) is 0 Å². The lowest BCUT2D eigenvalue weighted by Crippen LogP contribution is -1.74. The molecule has 0 N–H and O–H groups in total. The van der Waals surface area contributed by atoms with Crippen molar-refractivity contribution >= 4 is 0 Å². The van der Waals surface area contributed by atoms with Crippen LogP contribution in [-0.4, -0.2) is 0 Å². The van der Waals surface area contributed by atoms with Crippen LogP contribution in [0.5, 0.6) is 0 Å². The zero-order valence-electron chi connectivity index (χ0n) is 17.7. The van der Waals surface area contributed by atoms with E-state index in [0.29, 0.717) is 0 Å². The summed E-state index contributed by atoms with van der Waals surface area (Å²) in [7, 11) is 0. The van der Waals surface area contributed by atoms with E-state index in [9.17, 15) is 0 Å². The van der Waals surface area contributed by atoms with E-state index in [1.165, 1.54) is 27.8 Å². The molecule has 0 heteroatoms. The fourth-order valence-corrected chi connectivity index (χ4v) is 1.70. The van der Waals surface area contributed by atoms with Crippen molar-refractivity contribution in [1.29, 1.82) is 0 Å². The van der Waals surface area contributed by atoms with Crippen molar-refractivity contribution in [1.82, 2.24) is 0 Å². The minimum absolute atomic E-state index is 1.13. The summed E-state index contributed by atoms with van der Waals surface area (Å²) in [6.07, 6.45) is 15.5. The average molecular weight is 349 g/mol. The third-order valence-corrected chi connectivity index (χ3v) is 3.72. The SMILES string of the molecule is C#C.C/C=C(C)\C=C/CC.Cc1ccc(C)cc1.Cc1ccccc1C. The lowest BCUT2D eigenvalue weighted by molar-refractivity contribution is 1.22. The molecule has 0 fully saturated rings. The van der Waals surface area contributed by atoms with Crippen LogP contribution < -0.4 is 0 Å². The van der Waals surface area contributed by atoms with Gasteiger partial charge in [0.25, 0.3) is 0 Å². The Morgan fingerprint density at radius 1 is 0.808 bits per heavy atom. The van der Waals surface area contributed by atoms with Crippen molar-refractivity contribution in [3.8, 4) is 12.8 Å². The van der Waals surface area contributed by atoms with Crippen molar-refractivity contribution in [3.63, 3.8) is 0 Å². The van der Waals surface area contributed by atoms with Crippen LogP contribution in [0.2, 0.25) is 0 Å². The second-order valence-electron chi connectivity index (χ2n) is 6.08. The van der Waals surface area contributed by atoms with E-state index in [2.05, 4.69) is 128 Å². The third-order valence-electron chi connectivity index (χ3n) is 3.72. The van der Waals surface area contributed by atoms with Gasteiger partial charge in [0.05, 0.1) is 0 Å². The smallest absolute Gasteiger partial charge is 0.0376 e. The molecule has 0 spiro atoms. The molecule has 2 aromatic rings. The maximum absolute atomic E-state index is 4.00. The van der Waals surface area contributed by atoms with Gasteiger partial charge in [-0.3, -0.25) is 0 Å². The first kappa shape index (κ1) is 25.7. The van der Waals surface area contributed by atoms with E-state index in [1.54, 1.807) is 0 Å². The van der Waals surface area contributed by atoms with E-state index in [4.69, 9.17) is 0 Å². The Hall–Kier alpha value is -2.52. The Balaban J connectivity index is 0. The Bertz CT molecular complexity index is 610. The van der Waals surface area contributed by atoms with Gasteiger partial charge in [0, 0.05) is 0 Å². The first-order valence-corrected chi connectivity index (χ1v) is 9.09. The maximum atomic E-state index is 4.00. The molecule has 0 unspecified atom stereocenters. The summed E-state index contributed by atoms with van der Waals surface area (Å²) in [6, 6.07) is 16.8. The van der Waals surface area contributed by atoms with Crippen LogP contribution in [-0.2, 0) is 0 Å². The van der Waals surface area contributed by atoms with Crippen LogP contribution in [0, 0.1) is 40.5 Å². The van der Waals surface area contributed by atoms with E-state index in [1.807, 2.05) is 0 Å². The molecule has 0 atom stereocenters. The summed E-state index contributed by atoms with van der Waals surface area (Å²) >= 11 is 0. The van der Waals surface area contributed by atoms with E-state index in [0.717, 1.165) is 6.42 Å². The van der Waals surface area contributed by atoms with Crippen molar-refractivity contribution in [2.75, 3.05) is 0 Å². The van der Waals surface area contributed by atoms with Gasteiger partial charge in [-0.2, -0.15) is 0 Å². The molecule has 0 heterocycles. The average Bonchev–Trinajstić information content (AvgIpc) is 2.67. The normalized spacial score (nSPS) is 9.81. The zero-order valence-corrected chi connectivity index (χ0v) is 17.7. The predicted molar refractivity (Wildman–Crippen MR) is 121 cm³/mol. The third kappa shape index (κ3) is 15.0. The molecule has 26 heavy (non-hydrogen) atoms. The summed E-state index contributed by atoms with van der Waals surface area (Å²) in [5, 5.41) is 0. The molecule has 0 aromatic heterocycles. The summed E-state index contributed by atoms with van der Waals surface area (Å²) in [6.45, 7) is 14.7. The number of aryl methyl sites for hydroxylation is 4. The molecule has 0 aliphatic rings. The Morgan fingerprint density at radius 2 is 1.19 bits per heavy atom. The van der Waals surface area contributed by atoms with Crippen LogP contribution >= 0.6 is 0 Å². The highest BCUT2D eigenvalue weighted by Crippen LogP contribution is 2.02. The van der Waals surface area contributed by atoms with E-state index >= 15 is 0 Å². The molecule has 0 saturated heterocycles. The van der Waals surface area contributed by atoms with Crippen molar-refractivity contribution < 1.29 is 0 Å². The van der Waals surface area contributed by atoms with E-state index in [-0.39, 0.29) is 0 Å². The molecule has 0 nitrogen and oxygen atoms in total. The molecule has 140 valence electrons. The Morgan fingerprint density at radius 3 is 1.46 bits per heavy atom. The lowest BCUT2D eigenvalue weighted by atomic mass is 10.1. The molecular weight excluding hydrogens is 312 g/mol. The summed E-state index contributed by atoms with van der Waals surface area (Å²) in [5.41, 5.74) is 6.73. The topological polar surface area (TPSA) is 0 Å². The van der Waals surface area contributed by atoms with Gasteiger partial charge in [0.1, 0.15) is 0 Å². The van der Waals surface area contributed by atoms with Crippen LogP contribution in [0.15, 0.2) is 72.3 Å². The van der Waals surface area contributed by atoms with Gasteiger partial charge in [0.15, 0.2) is 0 Å². The van der Waals surface area contributed by atoms with E-state index < -0.39 is 0 Å². The quantitative estimate of drug-likeness (QED) is 0.384. The van der Waals surface area contributed by atoms with Crippen LogP contribution in [0.1, 0.15) is 49.4 Å². The molecular formula is C26H36. The van der Waals surface area contributed by atoms with Gasteiger partial charge >= 0.3 is 0 Å². The van der Waals surface area contributed by atoms with Gasteiger partial charge < -0.3 is 0 Å². The fourth-order valence-electron chi connectivity index (χ4n) is 1.70. The highest BCUT2D eigenvalue weighted by Gasteiger charge is 1.84. The molecule has 0 amide bonds. The van der Waals surface area contributed by atoms with Crippen molar-refractivity contribution in [2.24, 2.45) is 0 Å². The lowest BCUT2D eigenvalue weighted by Gasteiger charge is -1.93. The largest absolute Gasteiger partial charge is 0.124 e. The van der Waals surface area contributed by atoms with Crippen molar-refractivity contribution in [2.45, 2.75) is 54.9 Å². The second kappa shape index (κ2) is 17.3. The molecule has 0 radical (unpaired) electrons. The molecule has 2 rings (SSSR count). The number of hydrogen-bond acceptors (Lipinski definition) is 0. The minimum atomic E-state index is 1.13. The van der Waals surface area contributed by atoms with Crippen molar-refractivity contribution in [3.05, 3.63) is 94.6 Å². The fraction of sp³-hybridized carbons (Fsp3) is 0.308. The number of hydrogen-bond donors (Lipinski definition) is 0. The van der Waals surface area contributed by atoms with Crippen LogP contribution in [0.25, 0.3) is 0 Å². The number of terminal acetylenes is 1. The summed E-state index contributed by atoms with van der Waals surface area (Å²) < 4.78 is 0. The zero-order chi connectivity index (χ0) is 20.4. The van der Waals surface area contributed by atoms with Gasteiger partial charge in [-0.25, -0.2) is 0 Å². The van der Waals surface area contributed by atoms with Gasteiger partial charge in [-0.05, 0) is 59.1 Å². The van der Waals surface area contributed by atoms with Crippen LogP contribution in [0.4, 0.5) is 0 Å². The number of benzene rings is 2. The number of rotatable bonds is 2. The predicted octanol–water partition coefficient (Wildman–Crippen LogP) is 7.78. The first-order valence-electron chi connectivity index (χ1n) is 9.09. The first-order chi connectivity index (χ1) is 12.4. The summed E-state index contributed by atoms with van der Waals surface area (Å²) in [4.78, 5) is 0. The van der Waals surface area contributed by atoms with Gasteiger partial charge in [-0.15, -0.1) is 12.8 Å². The maximum Gasteiger partial charge on any atom is -0.0376 e. The molecule has 0 bridgehead atoms. The Labute approximate surface area is 162 Å². The summed E-state index contributed by atoms with van der Waals surface area (Å²) in [5.74, 6) is 0. The highest BCUT2D eigenvalue weighted by atomic mass is 13.9. The monoisotopic (exact) mass is 348 g/mol. The molecule has 0 aliphatic heterocycles. The Kier molecular flexibility index (Phi) is 17.1. The minimum Gasteiger partial charge on any atom is -0.124 e. The standard InChI is InChI=1S/2C8H10.C8H14.C2H2/c1-7-3-5-8(2)6-4-7;1-7-5-3-4-6-8(7)2;1-4-6-7-8(3)5-2;1-2/h2*3-6H,1-2H3;5-7H,4H2,1-3H3;1-2H/b;;7-6-,8-5-;. The molecule has 0 aliphatic carbocycles. The molecule has 2 aromatic carbocycles. The number of allylic oxidation sites excluding steroid dienone is 4. The highest BCUT2D eigenvalue weighted by molar-refractivity contribution is 5.23. The molecule has 0 saturated carbocycles. The van der Waals surface area contributed by atoms with Crippen LogP contribution in [0.3, 0.4) is 0 Å².